The second-order valence-electron chi connectivity index (χ2n) is 7.21. The maximum absolute atomic E-state index is 11.5. The fourth-order valence-electron chi connectivity index (χ4n) is 3.40. The number of oxazole rings is 2. The molecule has 0 saturated heterocycles. The molecule has 0 amide bonds. The number of aliphatic carboxylic acids is 1. The van der Waals surface area contributed by atoms with Gasteiger partial charge in [-0.2, -0.15) is 4.98 Å². The molecule has 158 valence electrons. The maximum Gasteiger partial charge on any atom is 0.308 e. The van der Waals surface area contributed by atoms with E-state index in [1.165, 1.54) is 6.39 Å². The molecule has 7 heteroatoms. The van der Waals surface area contributed by atoms with Crippen molar-refractivity contribution in [2.75, 3.05) is 11.9 Å². The summed E-state index contributed by atoms with van der Waals surface area (Å²) < 4.78 is 11.4. The molecule has 7 nitrogen and oxygen atoms in total. The first-order chi connectivity index (χ1) is 15.2. The van der Waals surface area contributed by atoms with E-state index in [1.54, 1.807) is 6.20 Å². The zero-order chi connectivity index (χ0) is 21.6. The molecule has 0 fully saturated rings. The minimum atomic E-state index is -0.826. The van der Waals surface area contributed by atoms with Crippen LogP contribution < -0.4 is 5.32 Å². The van der Waals surface area contributed by atoms with E-state index in [9.17, 15) is 9.90 Å². The van der Waals surface area contributed by atoms with Crippen molar-refractivity contribution >= 4 is 12.0 Å². The van der Waals surface area contributed by atoms with E-state index in [1.807, 2.05) is 61.5 Å². The number of rotatable bonds is 9. The number of benzene rings is 2. The van der Waals surface area contributed by atoms with Crippen LogP contribution in [0.1, 0.15) is 19.8 Å². The summed E-state index contributed by atoms with van der Waals surface area (Å²) in [5.74, 6) is -0.0139. The molecule has 31 heavy (non-hydrogen) atoms. The minimum absolute atomic E-state index is 0.252. The van der Waals surface area contributed by atoms with E-state index in [0.717, 1.165) is 23.1 Å². The summed E-state index contributed by atoms with van der Waals surface area (Å²) in [7, 11) is 0. The van der Waals surface area contributed by atoms with Gasteiger partial charge < -0.3 is 19.3 Å². The first kappa shape index (κ1) is 20.4. The number of hydrogen-bond donors (Lipinski definition) is 2. The van der Waals surface area contributed by atoms with E-state index in [0.29, 0.717) is 29.6 Å². The molecule has 2 aromatic carbocycles. The lowest BCUT2D eigenvalue weighted by Gasteiger charge is -2.10. The van der Waals surface area contributed by atoms with Crippen molar-refractivity contribution in [2.24, 2.45) is 5.92 Å². The van der Waals surface area contributed by atoms with Crippen LogP contribution in [0, 0.1) is 5.92 Å². The summed E-state index contributed by atoms with van der Waals surface area (Å²) in [6, 6.07) is 17.8. The summed E-state index contributed by atoms with van der Waals surface area (Å²) in [6.07, 6.45) is 4.44. The van der Waals surface area contributed by atoms with Gasteiger partial charge in [0.15, 0.2) is 17.9 Å². The topological polar surface area (TPSA) is 101 Å². The number of aromatic nitrogens is 2. The molecule has 4 rings (SSSR count). The molecular formula is C24H23N3O4. The van der Waals surface area contributed by atoms with E-state index in [-0.39, 0.29) is 6.54 Å². The van der Waals surface area contributed by atoms with Crippen LogP contribution in [0.4, 0.5) is 6.01 Å². The van der Waals surface area contributed by atoms with Crippen LogP contribution >= 0.6 is 0 Å². The SMILES string of the molecule is CCCC(CNc1nc(-c2ccc(-c3cnco3)cc2)c(-c2ccccc2)o1)C(=O)O. The van der Waals surface area contributed by atoms with Gasteiger partial charge in [0.25, 0.3) is 6.01 Å². The second-order valence-corrected chi connectivity index (χ2v) is 7.21. The molecule has 1 atom stereocenters. The van der Waals surface area contributed by atoms with Crippen molar-refractivity contribution in [3.63, 3.8) is 0 Å². The van der Waals surface area contributed by atoms with Crippen LogP contribution in [0.25, 0.3) is 33.9 Å². The van der Waals surface area contributed by atoms with Crippen LogP contribution in [0.15, 0.2) is 76.0 Å². The fraction of sp³-hybridized carbons (Fsp3) is 0.208. The fourth-order valence-corrected chi connectivity index (χ4v) is 3.40. The van der Waals surface area contributed by atoms with Crippen LogP contribution in [-0.4, -0.2) is 27.6 Å². The van der Waals surface area contributed by atoms with Crippen molar-refractivity contribution in [1.82, 2.24) is 9.97 Å². The van der Waals surface area contributed by atoms with E-state index in [4.69, 9.17) is 8.83 Å². The van der Waals surface area contributed by atoms with Crippen LogP contribution in [-0.2, 0) is 4.79 Å². The third kappa shape index (κ3) is 4.66. The summed E-state index contributed by atoms with van der Waals surface area (Å²) in [4.78, 5) is 20.0. The van der Waals surface area contributed by atoms with Gasteiger partial charge in [-0.25, -0.2) is 4.98 Å². The van der Waals surface area contributed by atoms with Crippen LogP contribution in [0.2, 0.25) is 0 Å². The predicted octanol–water partition coefficient (Wildman–Crippen LogP) is 5.58. The molecule has 2 heterocycles. The third-order valence-electron chi connectivity index (χ3n) is 5.02. The number of nitrogens with zero attached hydrogens (tertiary/aromatic N) is 2. The van der Waals surface area contributed by atoms with Gasteiger partial charge in [0.2, 0.25) is 0 Å². The Morgan fingerprint density at radius 3 is 2.45 bits per heavy atom. The first-order valence-corrected chi connectivity index (χ1v) is 10.2. The monoisotopic (exact) mass is 417 g/mol. The summed E-state index contributed by atoms with van der Waals surface area (Å²) in [6.45, 7) is 2.22. The van der Waals surface area contributed by atoms with Gasteiger partial charge in [-0.1, -0.05) is 67.9 Å². The third-order valence-corrected chi connectivity index (χ3v) is 5.02. The standard InChI is InChI=1S/C24H23N3O4/c1-2-6-19(23(28)29)13-26-24-27-21(22(31-24)18-7-4-3-5-8-18)17-11-9-16(10-12-17)20-14-25-15-30-20/h3-5,7-12,14-15,19H,2,6,13H2,1H3,(H,26,27)(H,28,29). The Morgan fingerprint density at radius 1 is 1.06 bits per heavy atom. The zero-order valence-electron chi connectivity index (χ0n) is 17.1. The number of carboxylic acid groups (broad SMARTS) is 1. The molecule has 0 aliphatic carbocycles. The van der Waals surface area contributed by atoms with Crippen molar-refractivity contribution in [3.8, 4) is 33.9 Å². The smallest absolute Gasteiger partial charge is 0.308 e. The number of anilines is 1. The highest BCUT2D eigenvalue weighted by molar-refractivity contribution is 5.79. The second kappa shape index (κ2) is 9.30. The quantitative estimate of drug-likeness (QED) is 0.367. The normalized spacial score (nSPS) is 11.9. The molecule has 0 spiro atoms. The van der Waals surface area contributed by atoms with Crippen molar-refractivity contribution in [2.45, 2.75) is 19.8 Å². The van der Waals surface area contributed by atoms with Gasteiger partial charge in [-0.3, -0.25) is 4.79 Å². The Labute approximate surface area is 179 Å². The molecule has 0 saturated carbocycles. The maximum atomic E-state index is 11.5. The molecule has 0 aliphatic rings. The lowest BCUT2D eigenvalue weighted by molar-refractivity contribution is -0.141. The molecular weight excluding hydrogens is 394 g/mol. The van der Waals surface area contributed by atoms with Gasteiger partial charge in [0, 0.05) is 23.2 Å². The van der Waals surface area contributed by atoms with E-state index >= 15 is 0 Å². The molecule has 0 bridgehead atoms. The highest BCUT2D eigenvalue weighted by atomic mass is 16.4. The van der Waals surface area contributed by atoms with Crippen molar-refractivity contribution in [1.29, 1.82) is 0 Å². The highest BCUT2D eigenvalue weighted by Crippen LogP contribution is 2.35. The van der Waals surface area contributed by atoms with Gasteiger partial charge in [-0.05, 0) is 6.42 Å². The Kier molecular flexibility index (Phi) is 6.12. The summed E-state index contributed by atoms with van der Waals surface area (Å²) >= 11 is 0. The Balaban J connectivity index is 1.65. The number of nitrogens with one attached hydrogen (secondary N) is 1. The van der Waals surface area contributed by atoms with Crippen LogP contribution in [0.5, 0.6) is 0 Å². The average Bonchev–Trinajstić information content (AvgIpc) is 3.48. The molecule has 4 aromatic rings. The Morgan fingerprint density at radius 2 is 1.81 bits per heavy atom. The van der Waals surface area contributed by atoms with Crippen molar-refractivity contribution < 1.29 is 18.7 Å². The van der Waals surface area contributed by atoms with Gasteiger partial charge >= 0.3 is 5.97 Å². The van der Waals surface area contributed by atoms with E-state index in [2.05, 4.69) is 15.3 Å². The summed E-state index contributed by atoms with van der Waals surface area (Å²) in [5.41, 5.74) is 3.36. The Bertz CT molecular complexity index is 1120. The lowest BCUT2D eigenvalue weighted by Crippen LogP contribution is -2.22. The number of hydrogen-bond acceptors (Lipinski definition) is 6. The number of carboxylic acids is 1. The minimum Gasteiger partial charge on any atom is -0.481 e. The van der Waals surface area contributed by atoms with Crippen LogP contribution in [0.3, 0.4) is 0 Å². The molecule has 2 N–H and O–H groups in total. The van der Waals surface area contributed by atoms with Gasteiger partial charge in [0.05, 0.1) is 12.1 Å². The lowest BCUT2D eigenvalue weighted by atomic mass is 10.0. The van der Waals surface area contributed by atoms with E-state index < -0.39 is 11.9 Å². The Hall–Kier alpha value is -3.87. The largest absolute Gasteiger partial charge is 0.481 e. The predicted molar refractivity (Wildman–Crippen MR) is 117 cm³/mol. The number of carbonyl (C=O) groups is 1. The van der Waals surface area contributed by atoms with Crippen molar-refractivity contribution in [3.05, 3.63) is 67.2 Å². The zero-order valence-corrected chi connectivity index (χ0v) is 17.1. The van der Waals surface area contributed by atoms with Gasteiger partial charge in [0.1, 0.15) is 5.69 Å². The molecule has 1 unspecified atom stereocenters. The average molecular weight is 417 g/mol. The summed E-state index contributed by atoms with van der Waals surface area (Å²) in [5, 5.41) is 12.5. The highest BCUT2D eigenvalue weighted by Gasteiger charge is 2.20. The first-order valence-electron chi connectivity index (χ1n) is 10.2. The molecule has 0 aliphatic heterocycles. The van der Waals surface area contributed by atoms with Gasteiger partial charge in [-0.15, -0.1) is 0 Å². The molecule has 2 aromatic heterocycles. The molecule has 0 radical (unpaired) electrons.